The van der Waals surface area contributed by atoms with Crippen molar-refractivity contribution in [3.8, 4) is 0 Å². The first-order valence-corrected chi connectivity index (χ1v) is 5.39. The van der Waals surface area contributed by atoms with E-state index in [-0.39, 0.29) is 11.8 Å². The Balaban J connectivity index is 2.03. The molecule has 0 atom stereocenters. The van der Waals surface area contributed by atoms with E-state index in [9.17, 15) is 4.79 Å². The highest BCUT2D eigenvalue weighted by Crippen LogP contribution is 2.25. The number of anilines is 1. The Morgan fingerprint density at radius 2 is 2.07 bits per heavy atom. The Morgan fingerprint density at radius 3 is 2.60 bits per heavy atom. The molecule has 1 heterocycles. The largest absolute Gasteiger partial charge is 0.326 e. The van der Waals surface area contributed by atoms with E-state index in [0.29, 0.717) is 15.7 Å². The zero-order chi connectivity index (χ0) is 10.8. The maximum Gasteiger partial charge on any atom is 0.230 e. The molecule has 1 aromatic rings. The van der Waals surface area contributed by atoms with Crippen LogP contribution < -0.4 is 10.6 Å². The van der Waals surface area contributed by atoms with Gasteiger partial charge in [-0.3, -0.25) is 4.79 Å². The minimum Gasteiger partial charge on any atom is -0.326 e. The van der Waals surface area contributed by atoms with Gasteiger partial charge < -0.3 is 10.6 Å². The Labute approximate surface area is 97.8 Å². The summed E-state index contributed by atoms with van der Waals surface area (Å²) in [4.78, 5) is 11.6. The summed E-state index contributed by atoms with van der Waals surface area (Å²) in [6.45, 7) is 1.49. The number of nitrogens with one attached hydrogen (secondary N) is 2. The molecule has 0 saturated carbocycles. The molecule has 2 rings (SSSR count). The van der Waals surface area contributed by atoms with Gasteiger partial charge in [-0.1, -0.05) is 23.2 Å². The molecule has 0 radical (unpaired) electrons. The number of amides is 1. The van der Waals surface area contributed by atoms with Crippen LogP contribution in [0, 0.1) is 5.92 Å². The summed E-state index contributed by atoms with van der Waals surface area (Å²) in [7, 11) is 0. The Bertz CT molecular complexity index is 391. The van der Waals surface area contributed by atoms with Crippen LogP contribution in [0.4, 0.5) is 5.69 Å². The highest BCUT2D eigenvalue weighted by atomic mass is 35.5. The fourth-order valence-corrected chi connectivity index (χ4v) is 1.59. The van der Waals surface area contributed by atoms with Crippen molar-refractivity contribution < 1.29 is 4.79 Å². The van der Waals surface area contributed by atoms with E-state index >= 15 is 0 Å². The van der Waals surface area contributed by atoms with Crippen molar-refractivity contribution in [1.29, 1.82) is 0 Å². The second kappa shape index (κ2) is 4.39. The van der Waals surface area contributed by atoms with Crippen molar-refractivity contribution >= 4 is 34.8 Å². The lowest BCUT2D eigenvalue weighted by atomic mass is 10.0. The quantitative estimate of drug-likeness (QED) is 0.838. The molecule has 1 amide bonds. The second-order valence-corrected chi connectivity index (χ2v) is 4.29. The van der Waals surface area contributed by atoms with Crippen LogP contribution in [0.1, 0.15) is 0 Å². The minimum atomic E-state index is 0.0205. The van der Waals surface area contributed by atoms with Gasteiger partial charge in [0.05, 0.1) is 16.0 Å². The predicted octanol–water partition coefficient (Wildman–Crippen LogP) is 2.15. The molecule has 1 aliphatic rings. The van der Waals surface area contributed by atoms with Crippen molar-refractivity contribution in [1.82, 2.24) is 5.32 Å². The fraction of sp³-hybridized carbons (Fsp3) is 0.300. The van der Waals surface area contributed by atoms with E-state index in [1.165, 1.54) is 0 Å². The smallest absolute Gasteiger partial charge is 0.230 e. The van der Waals surface area contributed by atoms with Gasteiger partial charge in [0.1, 0.15) is 0 Å². The van der Waals surface area contributed by atoms with Crippen molar-refractivity contribution in [2.45, 2.75) is 0 Å². The van der Waals surface area contributed by atoms with Crippen LogP contribution in [0.15, 0.2) is 18.2 Å². The first kappa shape index (κ1) is 10.7. The Kier molecular flexibility index (Phi) is 3.14. The average Bonchev–Trinajstić information content (AvgIpc) is 2.08. The second-order valence-electron chi connectivity index (χ2n) is 3.47. The first-order chi connectivity index (χ1) is 7.16. The molecule has 5 heteroatoms. The van der Waals surface area contributed by atoms with Crippen molar-refractivity contribution in [2.24, 2.45) is 5.92 Å². The number of carbonyl (C=O) groups is 1. The van der Waals surface area contributed by atoms with E-state index in [2.05, 4.69) is 10.6 Å². The van der Waals surface area contributed by atoms with Gasteiger partial charge in [0.15, 0.2) is 0 Å². The lowest BCUT2D eigenvalue weighted by Crippen LogP contribution is -2.48. The summed E-state index contributed by atoms with van der Waals surface area (Å²) in [5, 5.41) is 6.76. The standard InChI is InChI=1S/C10H10Cl2N2O/c11-8-2-1-7(3-9(8)12)14-10(15)6-4-13-5-6/h1-3,6,13H,4-5H2,(H,14,15). The molecule has 0 aromatic heterocycles. The molecule has 0 unspecified atom stereocenters. The molecule has 0 spiro atoms. The Morgan fingerprint density at radius 1 is 1.33 bits per heavy atom. The highest BCUT2D eigenvalue weighted by Gasteiger charge is 2.24. The topological polar surface area (TPSA) is 41.1 Å². The number of halogens is 2. The first-order valence-electron chi connectivity index (χ1n) is 4.63. The SMILES string of the molecule is O=C(Nc1ccc(Cl)c(Cl)c1)C1CNC1. The third kappa shape index (κ3) is 2.43. The van der Waals surface area contributed by atoms with Crippen LogP contribution in [0.25, 0.3) is 0 Å². The molecular weight excluding hydrogens is 235 g/mol. The predicted molar refractivity (Wildman–Crippen MR) is 61.5 cm³/mol. The Hall–Kier alpha value is -0.770. The summed E-state index contributed by atoms with van der Waals surface area (Å²) in [5.41, 5.74) is 0.682. The number of rotatable bonds is 2. The maximum absolute atomic E-state index is 11.6. The normalized spacial score (nSPS) is 15.9. The molecule has 1 fully saturated rings. The molecule has 0 aliphatic carbocycles. The molecular formula is C10H10Cl2N2O. The lowest BCUT2D eigenvalue weighted by molar-refractivity contribution is -0.121. The van der Waals surface area contributed by atoms with Gasteiger partial charge in [0.25, 0.3) is 0 Å². The summed E-state index contributed by atoms with van der Waals surface area (Å²) >= 11 is 11.6. The summed E-state index contributed by atoms with van der Waals surface area (Å²) in [6, 6.07) is 5.05. The zero-order valence-corrected chi connectivity index (χ0v) is 9.40. The van der Waals surface area contributed by atoms with Crippen LogP contribution in [0.2, 0.25) is 10.0 Å². The zero-order valence-electron chi connectivity index (χ0n) is 7.89. The molecule has 1 aliphatic heterocycles. The van der Waals surface area contributed by atoms with Crippen LogP contribution in [-0.2, 0) is 4.79 Å². The lowest BCUT2D eigenvalue weighted by Gasteiger charge is -2.25. The summed E-state index contributed by atoms with van der Waals surface area (Å²) in [6.07, 6.45) is 0. The molecule has 3 nitrogen and oxygen atoms in total. The van der Waals surface area contributed by atoms with Crippen molar-refractivity contribution in [3.05, 3.63) is 28.2 Å². The molecule has 1 aromatic carbocycles. The van der Waals surface area contributed by atoms with Gasteiger partial charge in [0.2, 0.25) is 5.91 Å². The van der Waals surface area contributed by atoms with Gasteiger partial charge in [-0.15, -0.1) is 0 Å². The molecule has 0 bridgehead atoms. The van der Waals surface area contributed by atoms with E-state index in [1.54, 1.807) is 18.2 Å². The maximum atomic E-state index is 11.6. The number of benzene rings is 1. The third-order valence-corrected chi connectivity index (χ3v) is 3.08. The third-order valence-electron chi connectivity index (χ3n) is 2.34. The van der Waals surface area contributed by atoms with E-state index < -0.39 is 0 Å². The molecule has 2 N–H and O–H groups in total. The van der Waals surface area contributed by atoms with Crippen LogP contribution in [-0.4, -0.2) is 19.0 Å². The van der Waals surface area contributed by atoms with Crippen molar-refractivity contribution in [2.75, 3.05) is 18.4 Å². The number of carbonyl (C=O) groups excluding carboxylic acids is 1. The van der Waals surface area contributed by atoms with Gasteiger partial charge in [-0.25, -0.2) is 0 Å². The van der Waals surface area contributed by atoms with Crippen LogP contribution in [0.3, 0.4) is 0 Å². The molecule has 1 saturated heterocycles. The van der Waals surface area contributed by atoms with Gasteiger partial charge in [-0.2, -0.15) is 0 Å². The highest BCUT2D eigenvalue weighted by molar-refractivity contribution is 6.42. The number of hydrogen-bond acceptors (Lipinski definition) is 2. The van der Waals surface area contributed by atoms with E-state index in [4.69, 9.17) is 23.2 Å². The minimum absolute atomic E-state index is 0.0205. The van der Waals surface area contributed by atoms with Gasteiger partial charge >= 0.3 is 0 Å². The van der Waals surface area contributed by atoms with E-state index in [1.807, 2.05) is 0 Å². The number of hydrogen-bond donors (Lipinski definition) is 2. The fourth-order valence-electron chi connectivity index (χ4n) is 1.29. The average molecular weight is 245 g/mol. The summed E-state index contributed by atoms with van der Waals surface area (Å²) < 4.78 is 0. The van der Waals surface area contributed by atoms with Gasteiger partial charge in [-0.05, 0) is 18.2 Å². The van der Waals surface area contributed by atoms with E-state index in [0.717, 1.165) is 13.1 Å². The summed E-state index contributed by atoms with van der Waals surface area (Å²) in [5.74, 6) is 0.0894. The monoisotopic (exact) mass is 244 g/mol. The van der Waals surface area contributed by atoms with Gasteiger partial charge in [0, 0.05) is 18.8 Å². The molecule has 15 heavy (non-hydrogen) atoms. The van der Waals surface area contributed by atoms with Crippen LogP contribution >= 0.6 is 23.2 Å². The van der Waals surface area contributed by atoms with Crippen LogP contribution in [0.5, 0.6) is 0 Å². The van der Waals surface area contributed by atoms with Crippen molar-refractivity contribution in [3.63, 3.8) is 0 Å². The molecule has 80 valence electrons.